The fraction of sp³-hybridized carbons (Fsp3) is 0.867. The normalized spacial score (nSPS) is 23.7. The van der Waals surface area contributed by atoms with E-state index in [-0.39, 0.29) is 24.3 Å². The van der Waals surface area contributed by atoms with Crippen LogP contribution in [0.1, 0.15) is 39.0 Å². The summed E-state index contributed by atoms with van der Waals surface area (Å²) >= 11 is 0. The van der Waals surface area contributed by atoms with Crippen molar-refractivity contribution in [2.45, 2.75) is 51.5 Å². The van der Waals surface area contributed by atoms with Crippen molar-refractivity contribution in [3.8, 4) is 0 Å². The van der Waals surface area contributed by atoms with Crippen molar-refractivity contribution in [3.63, 3.8) is 0 Å². The van der Waals surface area contributed by atoms with Crippen molar-refractivity contribution < 1.29 is 18.4 Å². The first-order valence-electron chi connectivity index (χ1n) is 8.15. The molecule has 7 heteroatoms. The second-order valence-corrected chi connectivity index (χ2v) is 6.12. The fourth-order valence-corrected chi connectivity index (χ4v) is 3.12. The number of hydrogen-bond donors (Lipinski definition) is 1. The third kappa shape index (κ3) is 4.08. The van der Waals surface area contributed by atoms with Crippen LogP contribution < -0.4 is 5.32 Å². The SMILES string of the molecule is CCC(NC(=O)C1CCCN(C(=O)N2CCCC2)C1)C(F)F. The summed E-state index contributed by atoms with van der Waals surface area (Å²) < 4.78 is 25.5. The number of carbonyl (C=O) groups is 2. The topological polar surface area (TPSA) is 52.7 Å². The lowest BCUT2D eigenvalue weighted by Gasteiger charge is -2.35. The number of halogens is 2. The van der Waals surface area contributed by atoms with E-state index in [0.29, 0.717) is 19.5 Å². The van der Waals surface area contributed by atoms with Gasteiger partial charge in [-0.2, -0.15) is 0 Å². The summed E-state index contributed by atoms with van der Waals surface area (Å²) in [5.41, 5.74) is 0. The van der Waals surface area contributed by atoms with Crippen molar-refractivity contribution >= 4 is 11.9 Å². The van der Waals surface area contributed by atoms with Gasteiger partial charge in [-0.1, -0.05) is 6.92 Å². The van der Waals surface area contributed by atoms with Gasteiger partial charge in [0.1, 0.15) is 0 Å². The molecule has 3 amide bonds. The number of nitrogens with zero attached hydrogens (tertiary/aromatic N) is 2. The summed E-state index contributed by atoms with van der Waals surface area (Å²) in [6.45, 7) is 4.15. The van der Waals surface area contributed by atoms with Gasteiger partial charge in [-0.15, -0.1) is 0 Å². The number of rotatable bonds is 4. The van der Waals surface area contributed by atoms with Crippen LogP contribution in [0.5, 0.6) is 0 Å². The maximum atomic E-state index is 12.8. The van der Waals surface area contributed by atoms with E-state index >= 15 is 0 Å². The van der Waals surface area contributed by atoms with Gasteiger partial charge < -0.3 is 15.1 Å². The predicted octanol–water partition coefficient (Wildman–Crippen LogP) is 2.07. The Bertz CT molecular complexity index is 400. The molecule has 0 spiro atoms. The Morgan fingerprint density at radius 3 is 2.36 bits per heavy atom. The number of hydrogen-bond acceptors (Lipinski definition) is 2. The molecule has 2 saturated heterocycles. The lowest BCUT2D eigenvalue weighted by Crippen LogP contribution is -2.51. The summed E-state index contributed by atoms with van der Waals surface area (Å²) in [4.78, 5) is 28.0. The van der Waals surface area contributed by atoms with E-state index in [9.17, 15) is 18.4 Å². The van der Waals surface area contributed by atoms with Crippen LogP contribution in [0.2, 0.25) is 0 Å². The quantitative estimate of drug-likeness (QED) is 0.863. The molecule has 5 nitrogen and oxygen atoms in total. The van der Waals surface area contributed by atoms with Gasteiger partial charge in [0, 0.05) is 26.2 Å². The van der Waals surface area contributed by atoms with Gasteiger partial charge in [-0.05, 0) is 32.1 Å². The number of piperidine rings is 1. The van der Waals surface area contributed by atoms with Gasteiger partial charge in [-0.25, -0.2) is 13.6 Å². The second-order valence-electron chi connectivity index (χ2n) is 6.12. The molecule has 22 heavy (non-hydrogen) atoms. The van der Waals surface area contributed by atoms with E-state index in [1.165, 1.54) is 0 Å². The first kappa shape index (κ1) is 17.0. The molecular formula is C15H25F2N3O2. The molecule has 0 aromatic heterocycles. The Balaban J connectivity index is 1.89. The highest BCUT2D eigenvalue weighted by Crippen LogP contribution is 2.20. The minimum atomic E-state index is -2.56. The van der Waals surface area contributed by atoms with Crippen LogP contribution in [0.4, 0.5) is 13.6 Å². The zero-order valence-corrected chi connectivity index (χ0v) is 13.1. The van der Waals surface area contributed by atoms with E-state index in [1.807, 2.05) is 4.90 Å². The molecule has 0 aromatic rings. The smallest absolute Gasteiger partial charge is 0.320 e. The Labute approximate surface area is 130 Å². The van der Waals surface area contributed by atoms with E-state index in [1.54, 1.807) is 11.8 Å². The zero-order chi connectivity index (χ0) is 16.1. The van der Waals surface area contributed by atoms with Crippen molar-refractivity contribution in [1.29, 1.82) is 0 Å². The standard InChI is InChI=1S/C15H25F2N3O2/c1-2-12(13(16)17)18-14(21)11-6-5-9-20(10-11)15(22)19-7-3-4-8-19/h11-13H,2-10H2,1H3,(H,18,21). The molecule has 2 aliphatic rings. The van der Waals surface area contributed by atoms with Crippen LogP contribution in [0.3, 0.4) is 0 Å². The molecule has 0 bridgehead atoms. The van der Waals surface area contributed by atoms with E-state index in [0.717, 1.165) is 32.4 Å². The summed E-state index contributed by atoms with van der Waals surface area (Å²) in [6, 6.07) is -1.12. The number of nitrogens with one attached hydrogen (secondary N) is 1. The molecule has 2 fully saturated rings. The molecule has 0 radical (unpaired) electrons. The Morgan fingerprint density at radius 1 is 1.14 bits per heavy atom. The average Bonchev–Trinajstić information content (AvgIpc) is 3.05. The first-order chi connectivity index (χ1) is 10.5. The lowest BCUT2D eigenvalue weighted by atomic mass is 9.97. The molecule has 126 valence electrons. The highest BCUT2D eigenvalue weighted by molar-refractivity contribution is 5.81. The fourth-order valence-electron chi connectivity index (χ4n) is 3.12. The molecule has 2 heterocycles. The Hall–Kier alpha value is -1.40. The van der Waals surface area contributed by atoms with E-state index in [4.69, 9.17) is 0 Å². The molecule has 2 aliphatic heterocycles. The second kappa shape index (κ2) is 7.74. The number of alkyl halides is 2. The van der Waals surface area contributed by atoms with Crippen molar-refractivity contribution in [1.82, 2.24) is 15.1 Å². The molecular weight excluding hydrogens is 292 g/mol. The molecule has 0 aliphatic carbocycles. The monoisotopic (exact) mass is 317 g/mol. The van der Waals surface area contributed by atoms with Gasteiger partial charge in [0.2, 0.25) is 5.91 Å². The summed E-state index contributed by atoms with van der Waals surface area (Å²) in [5, 5.41) is 2.42. The van der Waals surface area contributed by atoms with Gasteiger partial charge >= 0.3 is 6.03 Å². The van der Waals surface area contributed by atoms with Gasteiger partial charge in [0.15, 0.2) is 0 Å². The summed E-state index contributed by atoms with van der Waals surface area (Å²) in [5.74, 6) is -0.737. The molecule has 2 atom stereocenters. The van der Waals surface area contributed by atoms with Crippen molar-refractivity contribution in [3.05, 3.63) is 0 Å². The maximum Gasteiger partial charge on any atom is 0.320 e. The number of urea groups is 1. The largest absolute Gasteiger partial charge is 0.347 e. The van der Waals surface area contributed by atoms with Gasteiger partial charge in [0.05, 0.1) is 12.0 Å². The predicted molar refractivity (Wildman–Crippen MR) is 78.7 cm³/mol. The van der Waals surface area contributed by atoms with E-state index < -0.39 is 12.5 Å². The molecule has 2 rings (SSSR count). The minimum Gasteiger partial charge on any atom is -0.347 e. The van der Waals surface area contributed by atoms with Crippen molar-refractivity contribution in [2.75, 3.05) is 26.2 Å². The highest BCUT2D eigenvalue weighted by atomic mass is 19.3. The van der Waals surface area contributed by atoms with Crippen LogP contribution in [0, 0.1) is 5.92 Å². The highest BCUT2D eigenvalue weighted by Gasteiger charge is 2.33. The number of carbonyl (C=O) groups excluding carboxylic acids is 2. The molecule has 1 N–H and O–H groups in total. The van der Waals surface area contributed by atoms with Crippen LogP contribution in [0.25, 0.3) is 0 Å². The van der Waals surface area contributed by atoms with Crippen molar-refractivity contribution in [2.24, 2.45) is 5.92 Å². The van der Waals surface area contributed by atoms with Crippen LogP contribution >= 0.6 is 0 Å². The Kier molecular flexibility index (Phi) is 5.97. The Morgan fingerprint density at radius 2 is 1.77 bits per heavy atom. The zero-order valence-electron chi connectivity index (χ0n) is 13.1. The maximum absolute atomic E-state index is 12.8. The number of likely N-dealkylation sites (tertiary alicyclic amines) is 2. The molecule has 0 aromatic carbocycles. The van der Waals surface area contributed by atoms with Gasteiger partial charge in [0.25, 0.3) is 6.43 Å². The van der Waals surface area contributed by atoms with Gasteiger partial charge in [-0.3, -0.25) is 4.79 Å². The van der Waals surface area contributed by atoms with Crippen LogP contribution in [0.15, 0.2) is 0 Å². The third-order valence-electron chi connectivity index (χ3n) is 4.51. The lowest BCUT2D eigenvalue weighted by molar-refractivity contribution is -0.128. The van der Waals surface area contributed by atoms with Crippen LogP contribution in [-0.4, -0.2) is 60.4 Å². The average molecular weight is 317 g/mol. The van der Waals surface area contributed by atoms with E-state index in [2.05, 4.69) is 5.32 Å². The summed E-state index contributed by atoms with van der Waals surface area (Å²) in [7, 11) is 0. The first-order valence-corrected chi connectivity index (χ1v) is 8.15. The van der Waals surface area contributed by atoms with Crippen LogP contribution in [-0.2, 0) is 4.79 Å². The molecule has 0 saturated carbocycles. The number of amides is 3. The third-order valence-corrected chi connectivity index (χ3v) is 4.51. The minimum absolute atomic E-state index is 0.0177. The summed E-state index contributed by atoms with van der Waals surface area (Å²) in [6.07, 6.45) is 1.08. The molecule has 2 unspecified atom stereocenters.